The minimum Gasteiger partial charge on any atom is -0.494 e. The fourth-order valence-corrected chi connectivity index (χ4v) is 4.53. The van der Waals surface area contributed by atoms with E-state index in [1.807, 2.05) is 0 Å². The van der Waals surface area contributed by atoms with Gasteiger partial charge in [0.05, 0.1) is 20.0 Å². The summed E-state index contributed by atoms with van der Waals surface area (Å²) in [7, 11) is -0.753. The second kappa shape index (κ2) is 10.1. The largest absolute Gasteiger partial charge is 0.494 e. The molecule has 11 heteroatoms. The summed E-state index contributed by atoms with van der Waals surface area (Å²) in [5, 5.41) is 8.97. The molecule has 0 radical (unpaired) electrons. The number of sulfonamides is 1. The van der Waals surface area contributed by atoms with Crippen LogP contribution in [0.2, 0.25) is 5.02 Å². The number of para-hydroxylation sites is 1. The van der Waals surface area contributed by atoms with Crippen molar-refractivity contribution in [1.29, 1.82) is 0 Å². The highest BCUT2D eigenvalue weighted by molar-refractivity contribution is 7.92. The first kappa shape index (κ1) is 23.5. The Morgan fingerprint density at radius 3 is 2.29 bits per heavy atom. The number of aryl methyl sites for hydroxylation is 1. The van der Waals surface area contributed by atoms with E-state index in [2.05, 4.69) is 19.9 Å². The lowest BCUT2D eigenvalue weighted by atomic mass is 10.2. The lowest BCUT2D eigenvalue weighted by Crippen LogP contribution is -2.21. The number of pyridine rings is 1. The van der Waals surface area contributed by atoms with Gasteiger partial charge in [-0.25, -0.2) is 8.42 Å². The third-order valence-corrected chi connectivity index (χ3v) is 6.51. The molecular formula is C23H22ClN5O4S. The zero-order valence-corrected chi connectivity index (χ0v) is 20.0. The number of aromatic nitrogens is 4. The number of nitrogens with one attached hydrogen (secondary N) is 1. The maximum Gasteiger partial charge on any atom is 0.243 e. The Bertz CT molecular complexity index is 1350. The zero-order valence-electron chi connectivity index (χ0n) is 18.5. The first-order valence-corrected chi connectivity index (χ1v) is 12.3. The van der Waals surface area contributed by atoms with Crippen LogP contribution in [0, 0.1) is 0 Å². The van der Waals surface area contributed by atoms with Gasteiger partial charge in [0, 0.05) is 23.0 Å². The molecule has 2 aromatic heterocycles. The summed E-state index contributed by atoms with van der Waals surface area (Å²) < 4.78 is 41.2. The van der Waals surface area contributed by atoms with Crippen LogP contribution in [0.5, 0.6) is 11.5 Å². The average Bonchev–Trinajstić information content (AvgIpc) is 3.25. The molecule has 0 unspecified atom stereocenters. The highest BCUT2D eigenvalue weighted by atomic mass is 35.5. The molecule has 0 spiro atoms. The van der Waals surface area contributed by atoms with Crippen LogP contribution in [0.15, 0.2) is 67.0 Å². The molecule has 9 nitrogen and oxygen atoms in total. The van der Waals surface area contributed by atoms with Crippen LogP contribution in [-0.2, 0) is 16.4 Å². The molecule has 0 aliphatic carbocycles. The fraction of sp³-hybridized carbons (Fsp3) is 0.174. The summed E-state index contributed by atoms with van der Waals surface area (Å²) in [4.78, 5) is 4.14. The van der Waals surface area contributed by atoms with E-state index in [-0.39, 0.29) is 11.7 Å². The van der Waals surface area contributed by atoms with E-state index < -0.39 is 10.0 Å². The van der Waals surface area contributed by atoms with Gasteiger partial charge in [-0.15, -0.1) is 10.2 Å². The van der Waals surface area contributed by atoms with Crippen molar-refractivity contribution in [3.8, 4) is 28.6 Å². The summed E-state index contributed by atoms with van der Waals surface area (Å²) in [5.41, 5.74) is 1.93. The molecule has 0 saturated heterocycles. The number of halogens is 1. The minimum atomic E-state index is -3.79. The summed E-state index contributed by atoms with van der Waals surface area (Å²) in [6, 6.07) is 15.8. The average molecular weight is 500 g/mol. The molecule has 4 rings (SSSR count). The SMILES string of the molecule is COc1cccc(OC)c1-n1c(NS(=O)(=O)CCc2ccc(Cl)cc2)nnc1-c1cccnc1. The Kier molecular flexibility index (Phi) is 6.99. The molecule has 0 atom stereocenters. The second-order valence-electron chi connectivity index (χ2n) is 7.23. The highest BCUT2D eigenvalue weighted by Gasteiger charge is 2.25. The Hall–Kier alpha value is -3.63. The van der Waals surface area contributed by atoms with Crippen LogP contribution in [-0.4, -0.2) is 48.1 Å². The zero-order chi connectivity index (χ0) is 24.1. The van der Waals surface area contributed by atoms with Crippen LogP contribution in [0.25, 0.3) is 17.1 Å². The number of anilines is 1. The number of hydrogen-bond donors (Lipinski definition) is 1. The Morgan fingerprint density at radius 1 is 0.971 bits per heavy atom. The van der Waals surface area contributed by atoms with E-state index in [1.165, 1.54) is 14.2 Å². The molecule has 0 amide bonds. The highest BCUT2D eigenvalue weighted by Crippen LogP contribution is 2.37. The first-order valence-electron chi connectivity index (χ1n) is 10.2. The molecule has 34 heavy (non-hydrogen) atoms. The quantitative estimate of drug-likeness (QED) is 0.371. The van der Waals surface area contributed by atoms with Crippen molar-refractivity contribution in [3.05, 3.63) is 77.6 Å². The third kappa shape index (κ3) is 5.13. The molecule has 0 bridgehead atoms. The number of hydrogen-bond acceptors (Lipinski definition) is 7. The van der Waals surface area contributed by atoms with Gasteiger partial charge in [-0.3, -0.25) is 14.3 Å². The molecule has 2 aromatic carbocycles. The van der Waals surface area contributed by atoms with Gasteiger partial charge in [0.1, 0.15) is 17.2 Å². The number of benzene rings is 2. The van der Waals surface area contributed by atoms with E-state index >= 15 is 0 Å². The summed E-state index contributed by atoms with van der Waals surface area (Å²) in [6.45, 7) is 0. The minimum absolute atomic E-state index is 0.00207. The Morgan fingerprint density at radius 2 is 1.68 bits per heavy atom. The predicted molar refractivity (Wildman–Crippen MR) is 130 cm³/mol. The monoisotopic (exact) mass is 499 g/mol. The van der Waals surface area contributed by atoms with Gasteiger partial charge in [0.25, 0.3) is 0 Å². The molecule has 0 aliphatic rings. The van der Waals surface area contributed by atoms with Crippen LogP contribution in [0.1, 0.15) is 5.56 Å². The van der Waals surface area contributed by atoms with Gasteiger partial charge in [-0.2, -0.15) is 0 Å². The standard InChI is InChI=1S/C23H22ClN5O4S/c1-32-19-6-3-7-20(33-2)21(19)29-22(17-5-4-13-25-15-17)26-27-23(29)28-34(30,31)14-12-16-8-10-18(24)11-9-16/h3-11,13,15H,12,14H2,1-2H3,(H,27,28). The Labute approximate surface area is 202 Å². The number of methoxy groups -OCH3 is 2. The maximum absolute atomic E-state index is 13.0. The lowest BCUT2D eigenvalue weighted by molar-refractivity contribution is 0.391. The first-order chi connectivity index (χ1) is 16.4. The second-order valence-corrected chi connectivity index (χ2v) is 9.51. The molecule has 0 fully saturated rings. The van der Waals surface area contributed by atoms with Crippen molar-refractivity contribution in [2.24, 2.45) is 0 Å². The topological polar surface area (TPSA) is 108 Å². The molecule has 1 N–H and O–H groups in total. The molecule has 176 valence electrons. The molecular weight excluding hydrogens is 478 g/mol. The van der Waals surface area contributed by atoms with Gasteiger partial charge in [0.2, 0.25) is 16.0 Å². The van der Waals surface area contributed by atoms with Crippen molar-refractivity contribution >= 4 is 27.6 Å². The molecule has 0 aliphatic heterocycles. The maximum atomic E-state index is 13.0. The smallest absolute Gasteiger partial charge is 0.243 e. The molecule has 0 saturated carbocycles. The number of ether oxygens (including phenoxy) is 2. The van der Waals surface area contributed by atoms with Crippen molar-refractivity contribution in [2.45, 2.75) is 6.42 Å². The lowest BCUT2D eigenvalue weighted by Gasteiger charge is -2.17. The summed E-state index contributed by atoms with van der Waals surface area (Å²) in [6.07, 6.45) is 3.55. The fourth-order valence-electron chi connectivity index (χ4n) is 3.39. The third-order valence-electron chi connectivity index (χ3n) is 5.03. The van der Waals surface area contributed by atoms with E-state index in [0.717, 1.165) is 5.56 Å². The molecule has 4 aromatic rings. The predicted octanol–water partition coefficient (Wildman–Crippen LogP) is 3.98. The normalized spacial score (nSPS) is 11.3. The summed E-state index contributed by atoms with van der Waals surface area (Å²) >= 11 is 5.91. The van der Waals surface area contributed by atoms with Crippen LogP contribution in [0.3, 0.4) is 0 Å². The van der Waals surface area contributed by atoms with Crippen LogP contribution >= 0.6 is 11.6 Å². The van der Waals surface area contributed by atoms with Gasteiger partial charge in [-0.05, 0) is 48.4 Å². The van der Waals surface area contributed by atoms with Gasteiger partial charge >= 0.3 is 0 Å². The van der Waals surface area contributed by atoms with Crippen LogP contribution in [0.4, 0.5) is 5.95 Å². The van der Waals surface area contributed by atoms with E-state index in [9.17, 15) is 8.42 Å². The van der Waals surface area contributed by atoms with Gasteiger partial charge in [0.15, 0.2) is 5.82 Å². The van der Waals surface area contributed by atoms with Crippen LogP contribution < -0.4 is 14.2 Å². The van der Waals surface area contributed by atoms with E-state index in [1.54, 1.807) is 71.6 Å². The van der Waals surface area contributed by atoms with Crippen molar-refractivity contribution in [1.82, 2.24) is 19.7 Å². The van der Waals surface area contributed by atoms with Crippen molar-refractivity contribution in [2.75, 3.05) is 24.7 Å². The van der Waals surface area contributed by atoms with E-state index in [4.69, 9.17) is 21.1 Å². The van der Waals surface area contributed by atoms with Gasteiger partial charge < -0.3 is 9.47 Å². The van der Waals surface area contributed by atoms with Gasteiger partial charge in [-0.1, -0.05) is 29.8 Å². The summed E-state index contributed by atoms with van der Waals surface area (Å²) in [5.74, 6) is 1.10. The Balaban J connectivity index is 1.75. The number of rotatable bonds is 9. The molecule has 2 heterocycles. The van der Waals surface area contributed by atoms with Crippen molar-refractivity contribution in [3.63, 3.8) is 0 Å². The van der Waals surface area contributed by atoms with Crippen molar-refractivity contribution < 1.29 is 17.9 Å². The number of nitrogens with zero attached hydrogens (tertiary/aromatic N) is 4. The van der Waals surface area contributed by atoms with E-state index in [0.29, 0.717) is 40.0 Å².